The molecule has 0 amide bonds. The van der Waals surface area contributed by atoms with E-state index in [1.165, 1.54) is 18.5 Å². The molecule has 0 saturated carbocycles. The summed E-state index contributed by atoms with van der Waals surface area (Å²) in [6, 6.07) is 7.24. The van der Waals surface area contributed by atoms with E-state index in [1.54, 1.807) is 12.4 Å². The fourth-order valence-electron chi connectivity index (χ4n) is 7.30. The molecular weight excluding hydrogens is 677 g/mol. The summed E-state index contributed by atoms with van der Waals surface area (Å²) in [7, 11) is -1.24. The topological polar surface area (TPSA) is 91.5 Å². The Morgan fingerprint density at radius 3 is 2.59 bits per heavy atom. The Morgan fingerprint density at radius 1 is 1.06 bits per heavy atom. The zero-order valence-electron chi connectivity index (χ0n) is 29.2. The maximum atomic E-state index is 6.49. The number of hydrogen-bond acceptors (Lipinski definition) is 8. The fraction of sp³-hybridized carbons (Fsp3) is 0.583. The van der Waals surface area contributed by atoms with Crippen LogP contribution in [0.1, 0.15) is 68.3 Å². The molecule has 2 saturated heterocycles. The van der Waals surface area contributed by atoms with Crippen LogP contribution in [-0.2, 0) is 29.3 Å². The SMILES string of the molecule is CC(Oc1ccc2c(c1)c(-c1nc3c(n1COCC[Si](C)(C)C)CN(CC1CCNCC1)C3)nn2C1CCCCO1)c1c(Cl)cncc1Cl. The Bertz CT molecular complexity index is 1740. The van der Waals surface area contributed by atoms with Gasteiger partial charge in [0.1, 0.15) is 24.3 Å². The zero-order valence-corrected chi connectivity index (χ0v) is 31.7. The highest BCUT2D eigenvalue weighted by molar-refractivity contribution is 6.76. The first-order chi connectivity index (χ1) is 23.6. The number of halogens is 2. The molecule has 3 aliphatic rings. The Kier molecular flexibility index (Phi) is 10.7. The van der Waals surface area contributed by atoms with Crippen molar-refractivity contribution in [1.29, 1.82) is 0 Å². The molecule has 1 N–H and O–H groups in total. The largest absolute Gasteiger partial charge is 0.486 e. The quantitative estimate of drug-likeness (QED) is 0.116. The average Bonchev–Trinajstić information content (AvgIpc) is 3.74. The number of ether oxygens (including phenoxy) is 3. The maximum Gasteiger partial charge on any atom is 0.163 e. The van der Waals surface area contributed by atoms with Crippen LogP contribution in [-0.4, -0.2) is 70.1 Å². The van der Waals surface area contributed by atoms with Crippen LogP contribution in [0.5, 0.6) is 5.75 Å². The van der Waals surface area contributed by atoms with Crippen LogP contribution in [0.15, 0.2) is 30.6 Å². The third-order valence-corrected chi connectivity index (χ3v) is 12.3. The summed E-state index contributed by atoms with van der Waals surface area (Å²) in [4.78, 5) is 12.0. The normalized spacial score (nSPS) is 19.8. The Hall–Kier alpha value is -2.51. The molecule has 0 radical (unpaired) electrons. The average molecular weight is 727 g/mol. The lowest BCUT2D eigenvalue weighted by Gasteiger charge is -2.27. The third kappa shape index (κ3) is 7.88. The summed E-state index contributed by atoms with van der Waals surface area (Å²) in [5.74, 6) is 2.25. The number of nitrogens with one attached hydrogen (secondary N) is 1. The van der Waals surface area contributed by atoms with Gasteiger partial charge in [0, 0.05) is 64.3 Å². The molecule has 13 heteroatoms. The number of pyridine rings is 1. The fourth-order valence-corrected chi connectivity index (χ4v) is 8.73. The minimum absolute atomic E-state index is 0.131. The van der Waals surface area contributed by atoms with E-state index in [0.717, 1.165) is 105 Å². The number of benzene rings is 1. The molecule has 2 fully saturated rings. The highest BCUT2D eigenvalue weighted by Crippen LogP contribution is 2.39. The number of aromatic nitrogens is 5. The van der Waals surface area contributed by atoms with Crippen LogP contribution in [0.4, 0.5) is 0 Å². The zero-order chi connectivity index (χ0) is 34.1. The molecule has 1 aromatic carbocycles. The molecule has 3 aliphatic heterocycles. The summed E-state index contributed by atoms with van der Waals surface area (Å²) in [6.07, 6.45) is 8.22. The van der Waals surface area contributed by atoms with Gasteiger partial charge in [-0.25, -0.2) is 9.67 Å². The van der Waals surface area contributed by atoms with Gasteiger partial charge in [0.2, 0.25) is 0 Å². The molecule has 0 spiro atoms. The summed E-state index contributed by atoms with van der Waals surface area (Å²) in [5, 5.41) is 10.7. The van der Waals surface area contributed by atoms with Gasteiger partial charge in [-0.2, -0.15) is 5.10 Å². The Labute approximate surface area is 300 Å². The predicted octanol–water partition coefficient (Wildman–Crippen LogP) is 8.07. The minimum atomic E-state index is -1.24. The molecule has 2 atom stereocenters. The van der Waals surface area contributed by atoms with Crippen LogP contribution in [0.3, 0.4) is 0 Å². The second-order valence-electron chi connectivity index (χ2n) is 15.0. The number of fused-ring (bicyclic) bond motifs is 2. The van der Waals surface area contributed by atoms with E-state index in [0.29, 0.717) is 28.1 Å². The first-order valence-corrected chi connectivity index (χ1v) is 22.3. The van der Waals surface area contributed by atoms with E-state index < -0.39 is 14.2 Å². The lowest BCUT2D eigenvalue weighted by molar-refractivity contribution is -0.0365. The smallest absolute Gasteiger partial charge is 0.163 e. The third-order valence-electron chi connectivity index (χ3n) is 10.0. The van der Waals surface area contributed by atoms with Gasteiger partial charge >= 0.3 is 0 Å². The van der Waals surface area contributed by atoms with Crippen molar-refractivity contribution < 1.29 is 14.2 Å². The molecule has 6 heterocycles. The molecule has 7 rings (SSSR count). The second-order valence-corrected chi connectivity index (χ2v) is 21.5. The molecule has 3 aromatic heterocycles. The molecule has 0 bridgehead atoms. The van der Waals surface area contributed by atoms with Gasteiger partial charge in [-0.05, 0) is 82.3 Å². The van der Waals surface area contributed by atoms with Crippen molar-refractivity contribution in [3.63, 3.8) is 0 Å². The molecule has 264 valence electrons. The monoisotopic (exact) mass is 725 g/mol. The van der Waals surface area contributed by atoms with E-state index in [-0.39, 0.29) is 6.23 Å². The van der Waals surface area contributed by atoms with E-state index in [1.807, 2.05) is 17.7 Å². The van der Waals surface area contributed by atoms with E-state index >= 15 is 0 Å². The first kappa shape index (κ1) is 34.9. The van der Waals surface area contributed by atoms with Crippen molar-refractivity contribution in [2.75, 3.05) is 32.8 Å². The van der Waals surface area contributed by atoms with E-state index in [2.05, 4.69) is 51.5 Å². The summed E-state index contributed by atoms with van der Waals surface area (Å²) < 4.78 is 23.5. The van der Waals surface area contributed by atoms with Crippen LogP contribution in [0.25, 0.3) is 22.4 Å². The van der Waals surface area contributed by atoms with E-state index in [9.17, 15) is 0 Å². The number of piperidine rings is 1. The van der Waals surface area contributed by atoms with Crippen molar-refractivity contribution in [3.05, 3.63) is 57.6 Å². The number of imidazole rings is 1. The molecule has 49 heavy (non-hydrogen) atoms. The summed E-state index contributed by atoms with van der Waals surface area (Å²) in [6.45, 7) is 16.1. The highest BCUT2D eigenvalue weighted by Gasteiger charge is 2.32. The van der Waals surface area contributed by atoms with E-state index in [4.69, 9.17) is 47.5 Å². The summed E-state index contributed by atoms with van der Waals surface area (Å²) >= 11 is 13.0. The number of hydrogen-bond donors (Lipinski definition) is 1. The van der Waals surface area contributed by atoms with Gasteiger partial charge in [0.15, 0.2) is 12.1 Å². The Morgan fingerprint density at radius 2 is 1.86 bits per heavy atom. The van der Waals surface area contributed by atoms with Crippen LogP contribution >= 0.6 is 23.2 Å². The lowest BCUT2D eigenvalue weighted by atomic mass is 9.98. The molecular formula is C36H49Cl2N7O3Si. The molecule has 2 unspecified atom stereocenters. The molecule has 4 aromatic rings. The minimum Gasteiger partial charge on any atom is -0.486 e. The van der Waals surface area contributed by atoms with Crippen LogP contribution in [0, 0.1) is 5.92 Å². The van der Waals surface area contributed by atoms with Gasteiger partial charge in [-0.15, -0.1) is 0 Å². The lowest BCUT2D eigenvalue weighted by Crippen LogP contribution is -2.34. The van der Waals surface area contributed by atoms with Crippen molar-refractivity contribution in [3.8, 4) is 17.3 Å². The van der Waals surface area contributed by atoms with Gasteiger partial charge in [0.05, 0.1) is 26.9 Å². The van der Waals surface area contributed by atoms with Gasteiger partial charge in [-0.1, -0.05) is 42.8 Å². The van der Waals surface area contributed by atoms with Crippen molar-refractivity contribution in [2.45, 2.75) is 96.9 Å². The summed E-state index contributed by atoms with van der Waals surface area (Å²) in [5.41, 5.74) is 4.87. The van der Waals surface area contributed by atoms with Crippen LogP contribution < -0.4 is 10.1 Å². The highest BCUT2D eigenvalue weighted by atomic mass is 35.5. The number of nitrogens with zero attached hydrogens (tertiary/aromatic N) is 6. The maximum absolute atomic E-state index is 6.49. The standard InChI is InChI=1S/C36H49Cl2N7O3Si/c1-24(34-28(37)18-40-19-29(34)38)48-26-8-9-31-27(17-26)35(42-45(31)33-7-5-6-14-47-33)36-41-30-21-43(20-25-10-12-39-13-11-25)22-32(30)44(36)23-46-15-16-49(2,3)4/h8-9,17-19,24-25,33,39H,5-7,10-16,20-23H2,1-4H3. The second kappa shape index (κ2) is 15.0. The van der Waals surface area contributed by atoms with Gasteiger partial charge in [-0.3, -0.25) is 9.88 Å². The molecule has 0 aliphatic carbocycles. The Balaban J connectivity index is 1.25. The number of rotatable bonds is 12. The van der Waals surface area contributed by atoms with Crippen molar-refractivity contribution >= 4 is 42.2 Å². The first-order valence-electron chi connectivity index (χ1n) is 17.8. The van der Waals surface area contributed by atoms with Crippen LogP contribution in [0.2, 0.25) is 35.7 Å². The predicted molar refractivity (Wildman–Crippen MR) is 197 cm³/mol. The molecule has 10 nitrogen and oxygen atoms in total. The van der Waals surface area contributed by atoms with Gasteiger partial charge in [0.25, 0.3) is 0 Å². The van der Waals surface area contributed by atoms with Gasteiger partial charge < -0.3 is 24.1 Å². The van der Waals surface area contributed by atoms with Crippen molar-refractivity contribution in [1.82, 2.24) is 34.5 Å². The van der Waals surface area contributed by atoms with Crippen molar-refractivity contribution in [2.24, 2.45) is 5.92 Å².